The maximum Gasteiger partial charge on any atom is 0.228 e. The summed E-state index contributed by atoms with van der Waals surface area (Å²) in [5, 5.41) is 2.95. The molecule has 1 amide bonds. The summed E-state index contributed by atoms with van der Waals surface area (Å²) in [6.07, 6.45) is 7.06. The van der Waals surface area contributed by atoms with Crippen LogP contribution in [-0.4, -0.2) is 53.4 Å². The number of pyridine rings is 1. The lowest BCUT2D eigenvalue weighted by molar-refractivity contribution is -0.119. The molecule has 2 fully saturated rings. The molecule has 0 radical (unpaired) electrons. The number of halogens is 1. The van der Waals surface area contributed by atoms with E-state index in [9.17, 15) is 9.18 Å². The maximum absolute atomic E-state index is 13.1. The highest BCUT2D eigenvalue weighted by Gasteiger charge is 2.39. The number of carbonyl (C=O) groups excluding carboxylic acids is 1. The summed E-state index contributed by atoms with van der Waals surface area (Å²) < 4.78 is 13.1. The molecule has 0 saturated carbocycles. The van der Waals surface area contributed by atoms with Crippen molar-refractivity contribution < 1.29 is 9.18 Å². The molecule has 0 aliphatic carbocycles. The Balaban J connectivity index is 1.28. The fraction of sp³-hybridized carbons (Fsp3) is 0.500. The predicted octanol–water partition coefficient (Wildman–Crippen LogP) is 3.70. The molecule has 0 unspecified atom stereocenters. The number of benzene rings is 1. The highest BCUT2D eigenvalue weighted by Crippen LogP contribution is 2.33. The summed E-state index contributed by atoms with van der Waals surface area (Å²) in [7, 11) is 2.14. The number of anilines is 1. The van der Waals surface area contributed by atoms with Crippen LogP contribution in [0.2, 0.25) is 0 Å². The minimum Gasteiger partial charge on any atom is -0.326 e. The van der Waals surface area contributed by atoms with Gasteiger partial charge in [0.15, 0.2) is 0 Å². The number of nitrogens with one attached hydrogen (secondary N) is 1. The molecule has 1 aromatic heterocycles. The molecular weight excluding hydrogens is 379 g/mol. The SMILES string of the molecule is Cc1cnccc1CN1CCC([C@H]2C[C@H](C(=O)Nc3ccc(F)cc3)CN2C)CC1. The van der Waals surface area contributed by atoms with Gasteiger partial charge in [-0.15, -0.1) is 0 Å². The summed E-state index contributed by atoms with van der Waals surface area (Å²) in [5.41, 5.74) is 3.27. The highest BCUT2D eigenvalue weighted by molar-refractivity contribution is 5.92. The van der Waals surface area contributed by atoms with E-state index in [1.54, 1.807) is 12.1 Å². The number of piperidine rings is 1. The van der Waals surface area contributed by atoms with Gasteiger partial charge in [0.1, 0.15) is 5.82 Å². The molecule has 30 heavy (non-hydrogen) atoms. The van der Waals surface area contributed by atoms with Crippen molar-refractivity contribution in [3.8, 4) is 0 Å². The Hall–Kier alpha value is -2.31. The van der Waals surface area contributed by atoms with Crippen LogP contribution in [0.1, 0.15) is 30.4 Å². The van der Waals surface area contributed by atoms with Crippen LogP contribution in [0.3, 0.4) is 0 Å². The van der Waals surface area contributed by atoms with E-state index >= 15 is 0 Å². The number of rotatable bonds is 5. The van der Waals surface area contributed by atoms with Crippen LogP contribution in [0.25, 0.3) is 0 Å². The van der Waals surface area contributed by atoms with Gasteiger partial charge in [-0.25, -0.2) is 4.39 Å². The van der Waals surface area contributed by atoms with E-state index in [0.717, 1.165) is 32.6 Å². The van der Waals surface area contributed by atoms with Gasteiger partial charge in [0.25, 0.3) is 0 Å². The highest BCUT2D eigenvalue weighted by atomic mass is 19.1. The third kappa shape index (κ3) is 4.87. The number of nitrogens with zero attached hydrogens (tertiary/aromatic N) is 3. The summed E-state index contributed by atoms with van der Waals surface area (Å²) in [6, 6.07) is 8.56. The molecule has 1 N–H and O–H groups in total. The van der Waals surface area contributed by atoms with Gasteiger partial charge < -0.3 is 10.2 Å². The van der Waals surface area contributed by atoms with Crippen molar-refractivity contribution >= 4 is 11.6 Å². The van der Waals surface area contributed by atoms with Crippen LogP contribution in [0.15, 0.2) is 42.7 Å². The van der Waals surface area contributed by atoms with Crippen LogP contribution < -0.4 is 5.32 Å². The first-order valence-electron chi connectivity index (χ1n) is 10.9. The standard InChI is InChI=1S/C24H31FN4O/c1-17-14-26-10-7-19(17)16-29-11-8-18(9-12-29)23-13-20(15-28(23)2)24(30)27-22-5-3-21(25)4-6-22/h3-7,10,14,18,20,23H,8-9,11-13,15-16H2,1-2H3,(H,27,30)/t20-,23+/m0/s1. The first-order chi connectivity index (χ1) is 14.5. The molecule has 2 saturated heterocycles. The lowest BCUT2D eigenvalue weighted by atomic mass is 9.86. The fourth-order valence-electron chi connectivity index (χ4n) is 4.97. The van der Waals surface area contributed by atoms with Gasteiger partial charge in [-0.05, 0) is 93.7 Å². The predicted molar refractivity (Wildman–Crippen MR) is 117 cm³/mol. The molecule has 3 heterocycles. The molecule has 160 valence electrons. The molecule has 2 aliphatic rings. The maximum atomic E-state index is 13.1. The van der Waals surface area contributed by atoms with Crippen molar-refractivity contribution in [3.05, 3.63) is 59.7 Å². The zero-order valence-electron chi connectivity index (χ0n) is 17.9. The second-order valence-electron chi connectivity index (χ2n) is 8.85. The molecule has 1 aromatic carbocycles. The van der Waals surface area contributed by atoms with Gasteiger partial charge >= 0.3 is 0 Å². The molecule has 2 aliphatic heterocycles. The van der Waals surface area contributed by atoms with Crippen LogP contribution in [0.5, 0.6) is 0 Å². The van der Waals surface area contributed by atoms with Crippen LogP contribution >= 0.6 is 0 Å². The smallest absolute Gasteiger partial charge is 0.228 e. The first kappa shape index (κ1) is 20.9. The van der Waals surface area contributed by atoms with Gasteiger partial charge in [0, 0.05) is 37.2 Å². The second-order valence-corrected chi connectivity index (χ2v) is 8.85. The zero-order chi connectivity index (χ0) is 21.1. The topological polar surface area (TPSA) is 48.5 Å². The monoisotopic (exact) mass is 410 g/mol. The number of aromatic nitrogens is 1. The largest absolute Gasteiger partial charge is 0.326 e. The van der Waals surface area contributed by atoms with Crippen LogP contribution in [-0.2, 0) is 11.3 Å². The van der Waals surface area contributed by atoms with Gasteiger partial charge in [0.2, 0.25) is 5.91 Å². The van der Waals surface area contributed by atoms with Crippen molar-refractivity contribution in [2.75, 3.05) is 32.0 Å². The van der Waals surface area contributed by atoms with Crippen molar-refractivity contribution in [2.24, 2.45) is 11.8 Å². The molecule has 4 rings (SSSR count). The van der Waals surface area contributed by atoms with Crippen LogP contribution in [0, 0.1) is 24.6 Å². The van der Waals surface area contributed by atoms with Crippen molar-refractivity contribution in [3.63, 3.8) is 0 Å². The average molecular weight is 411 g/mol. The average Bonchev–Trinajstić information content (AvgIpc) is 3.14. The lowest BCUT2D eigenvalue weighted by Crippen LogP contribution is -2.41. The van der Waals surface area contributed by atoms with E-state index in [-0.39, 0.29) is 17.6 Å². The van der Waals surface area contributed by atoms with E-state index in [2.05, 4.69) is 40.1 Å². The Morgan fingerprint density at radius 1 is 1.20 bits per heavy atom. The van der Waals surface area contributed by atoms with E-state index < -0.39 is 0 Å². The molecule has 2 aromatic rings. The van der Waals surface area contributed by atoms with E-state index in [1.165, 1.54) is 36.1 Å². The lowest BCUT2D eigenvalue weighted by Gasteiger charge is -2.37. The molecule has 0 bridgehead atoms. The first-order valence-corrected chi connectivity index (χ1v) is 10.9. The molecular formula is C24H31FN4O. The third-order valence-electron chi connectivity index (χ3n) is 6.79. The Morgan fingerprint density at radius 3 is 2.63 bits per heavy atom. The van der Waals surface area contributed by atoms with E-state index in [4.69, 9.17) is 0 Å². The van der Waals surface area contributed by atoms with Crippen molar-refractivity contribution in [2.45, 2.75) is 38.8 Å². The zero-order valence-corrected chi connectivity index (χ0v) is 17.9. The number of hydrogen-bond donors (Lipinski definition) is 1. The Morgan fingerprint density at radius 2 is 1.93 bits per heavy atom. The van der Waals surface area contributed by atoms with Crippen LogP contribution in [0.4, 0.5) is 10.1 Å². The number of aryl methyl sites for hydroxylation is 1. The van der Waals surface area contributed by atoms with E-state index in [0.29, 0.717) is 17.6 Å². The normalized spacial score (nSPS) is 23.6. The summed E-state index contributed by atoms with van der Waals surface area (Å²) in [6.45, 7) is 6.10. The summed E-state index contributed by atoms with van der Waals surface area (Å²) in [5.74, 6) is 0.372. The van der Waals surface area contributed by atoms with E-state index in [1.807, 2.05) is 12.4 Å². The Labute approximate surface area is 178 Å². The minimum atomic E-state index is -0.293. The van der Waals surface area contributed by atoms with Crippen molar-refractivity contribution in [1.82, 2.24) is 14.8 Å². The van der Waals surface area contributed by atoms with Gasteiger partial charge in [0.05, 0.1) is 5.92 Å². The quantitative estimate of drug-likeness (QED) is 0.817. The second kappa shape index (κ2) is 9.23. The summed E-state index contributed by atoms with van der Waals surface area (Å²) >= 11 is 0. The van der Waals surface area contributed by atoms with Gasteiger partial charge in [-0.3, -0.25) is 14.7 Å². The Bertz CT molecular complexity index is 864. The third-order valence-corrected chi connectivity index (χ3v) is 6.79. The molecule has 0 spiro atoms. The number of likely N-dealkylation sites (tertiary alicyclic amines) is 2. The molecule has 6 heteroatoms. The minimum absolute atomic E-state index is 0.0115. The Kier molecular flexibility index (Phi) is 6.44. The number of hydrogen-bond acceptors (Lipinski definition) is 4. The van der Waals surface area contributed by atoms with Gasteiger partial charge in [-0.2, -0.15) is 0 Å². The molecule has 5 nitrogen and oxygen atoms in total. The number of amides is 1. The molecule has 2 atom stereocenters. The number of carbonyl (C=O) groups is 1. The van der Waals surface area contributed by atoms with Gasteiger partial charge in [-0.1, -0.05) is 0 Å². The summed E-state index contributed by atoms with van der Waals surface area (Å²) in [4.78, 5) is 21.8. The fourth-order valence-corrected chi connectivity index (χ4v) is 4.97. The van der Waals surface area contributed by atoms with Crippen molar-refractivity contribution in [1.29, 1.82) is 0 Å².